The molecule has 1 aliphatic heterocycles. The summed E-state index contributed by atoms with van der Waals surface area (Å²) in [4.78, 5) is 26.5. The van der Waals surface area contributed by atoms with Crippen LogP contribution in [0.4, 0.5) is 5.69 Å². The maximum absolute atomic E-state index is 12.7. The van der Waals surface area contributed by atoms with Crippen LogP contribution in [-0.4, -0.2) is 30.6 Å². The van der Waals surface area contributed by atoms with Crippen LogP contribution in [0.5, 0.6) is 0 Å². The Kier molecular flexibility index (Phi) is 7.43. The molecule has 0 saturated heterocycles. The van der Waals surface area contributed by atoms with Crippen molar-refractivity contribution in [1.82, 2.24) is 5.32 Å². The van der Waals surface area contributed by atoms with Crippen molar-refractivity contribution >= 4 is 28.8 Å². The summed E-state index contributed by atoms with van der Waals surface area (Å²) in [6.07, 6.45) is 14.3. The zero-order chi connectivity index (χ0) is 22.2. The van der Waals surface area contributed by atoms with E-state index in [-0.39, 0.29) is 18.4 Å². The molecule has 0 aromatic heterocycles. The highest BCUT2D eigenvalue weighted by atomic mass is 16.2. The van der Waals surface area contributed by atoms with Gasteiger partial charge in [0.25, 0.3) is 0 Å². The van der Waals surface area contributed by atoms with Gasteiger partial charge in [-0.2, -0.15) is 0 Å². The first-order valence-electron chi connectivity index (χ1n) is 10.5. The maximum Gasteiger partial charge on any atom is 0.246 e. The van der Waals surface area contributed by atoms with Gasteiger partial charge in [-0.15, -0.1) is 0 Å². The van der Waals surface area contributed by atoms with Crippen LogP contribution in [0, 0.1) is 5.41 Å². The minimum absolute atomic E-state index is 0.106. The third kappa shape index (κ3) is 5.31. The molecule has 2 amide bonds. The second kappa shape index (κ2) is 10.4. The Balaban J connectivity index is 1.60. The van der Waals surface area contributed by atoms with Gasteiger partial charge >= 0.3 is 0 Å². The second-order valence-electron chi connectivity index (χ2n) is 7.52. The third-order valence-corrected chi connectivity index (χ3v) is 5.55. The molecule has 3 rings (SSSR count). The van der Waals surface area contributed by atoms with Gasteiger partial charge in [0.1, 0.15) is 0 Å². The van der Waals surface area contributed by atoms with Gasteiger partial charge in [0.05, 0.1) is 12.3 Å². The first-order chi connectivity index (χ1) is 15.0. The predicted molar refractivity (Wildman–Crippen MR) is 124 cm³/mol. The highest BCUT2D eigenvalue weighted by Gasteiger charge is 2.26. The maximum atomic E-state index is 12.7. The first kappa shape index (κ1) is 22.1. The lowest BCUT2D eigenvalue weighted by molar-refractivity contribution is -0.122. The Labute approximate surface area is 182 Å². The summed E-state index contributed by atoms with van der Waals surface area (Å²) in [6, 6.07) is 5.72. The zero-order valence-electron chi connectivity index (χ0n) is 17.6. The minimum Gasteiger partial charge on any atom is -0.405 e. The fourth-order valence-corrected chi connectivity index (χ4v) is 3.97. The summed E-state index contributed by atoms with van der Waals surface area (Å²) in [5, 5.41) is 10.7. The standard InChI is InChI=1S/C24H29N5O2/c25-13-11-18(15-26)19-7-4-8-22-20(19)12-14-29(22)24(31)16-28-23(30)10-9-21(27)17-5-2-1-3-6-17/h4-5,7-11,13,15,27H,1-3,6,12,14,16,25-26H2,(H,28,30)/b10-9-,13-11-,18-15+,27-21?. The van der Waals surface area contributed by atoms with Crippen molar-refractivity contribution in [2.45, 2.75) is 32.1 Å². The normalized spacial score (nSPS) is 16.5. The molecule has 31 heavy (non-hydrogen) atoms. The van der Waals surface area contributed by atoms with Crippen molar-refractivity contribution in [2.75, 3.05) is 18.0 Å². The van der Waals surface area contributed by atoms with E-state index in [1.165, 1.54) is 24.6 Å². The van der Waals surface area contributed by atoms with Crippen LogP contribution in [-0.2, 0) is 16.0 Å². The molecule has 162 valence electrons. The van der Waals surface area contributed by atoms with Crippen LogP contribution >= 0.6 is 0 Å². The second-order valence-corrected chi connectivity index (χ2v) is 7.52. The van der Waals surface area contributed by atoms with E-state index in [0.717, 1.165) is 53.6 Å². The third-order valence-electron chi connectivity index (χ3n) is 5.55. The van der Waals surface area contributed by atoms with E-state index in [1.807, 2.05) is 18.2 Å². The number of allylic oxidation sites excluding steroid dienone is 5. The molecular weight excluding hydrogens is 390 g/mol. The Morgan fingerprint density at radius 2 is 1.97 bits per heavy atom. The molecule has 7 heteroatoms. The average Bonchev–Trinajstić information content (AvgIpc) is 3.24. The molecular formula is C24H29N5O2. The number of hydrogen-bond acceptors (Lipinski definition) is 5. The Bertz CT molecular complexity index is 988. The molecule has 1 heterocycles. The molecule has 1 aromatic rings. The van der Waals surface area contributed by atoms with Crippen LogP contribution in [0.3, 0.4) is 0 Å². The van der Waals surface area contributed by atoms with Crippen molar-refractivity contribution < 1.29 is 9.59 Å². The van der Waals surface area contributed by atoms with Gasteiger partial charge in [0.15, 0.2) is 0 Å². The van der Waals surface area contributed by atoms with E-state index in [0.29, 0.717) is 18.7 Å². The lowest BCUT2D eigenvalue weighted by atomic mass is 9.96. The summed E-state index contributed by atoms with van der Waals surface area (Å²) in [6.45, 7) is 0.436. The minimum atomic E-state index is -0.385. The molecule has 0 fully saturated rings. The van der Waals surface area contributed by atoms with E-state index >= 15 is 0 Å². The highest BCUT2D eigenvalue weighted by molar-refractivity contribution is 6.09. The predicted octanol–water partition coefficient (Wildman–Crippen LogP) is 2.54. The number of amides is 2. The van der Waals surface area contributed by atoms with Gasteiger partial charge in [0, 0.05) is 24.5 Å². The molecule has 7 nitrogen and oxygen atoms in total. The number of anilines is 1. The van der Waals surface area contributed by atoms with E-state index < -0.39 is 0 Å². The number of hydrogen-bond donors (Lipinski definition) is 4. The van der Waals surface area contributed by atoms with Gasteiger partial charge in [0.2, 0.25) is 11.8 Å². The monoisotopic (exact) mass is 419 g/mol. The lowest BCUT2D eigenvalue weighted by Gasteiger charge is -2.18. The molecule has 0 atom stereocenters. The number of benzene rings is 1. The number of nitrogens with two attached hydrogens (primary N) is 2. The fourth-order valence-electron chi connectivity index (χ4n) is 3.97. The quantitative estimate of drug-likeness (QED) is 0.308. The fraction of sp³-hybridized carbons (Fsp3) is 0.292. The number of carbonyl (C=O) groups excluding carboxylic acids is 2. The molecule has 6 N–H and O–H groups in total. The Hall–Kier alpha value is -3.61. The molecule has 1 aliphatic carbocycles. The molecule has 1 aromatic carbocycles. The highest BCUT2D eigenvalue weighted by Crippen LogP contribution is 2.34. The summed E-state index contributed by atoms with van der Waals surface area (Å²) in [5.74, 6) is -0.570. The lowest BCUT2D eigenvalue weighted by Crippen LogP contribution is -2.39. The van der Waals surface area contributed by atoms with E-state index in [4.69, 9.17) is 16.9 Å². The Morgan fingerprint density at radius 1 is 1.13 bits per heavy atom. The number of nitrogens with one attached hydrogen (secondary N) is 2. The number of rotatable bonds is 7. The van der Waals surface area contributed by atoms with Crippen molar-refractivity contribution in [2.24, 2.45) is 11.5 Å². The molecule has 0 unspecified atom stereocenters. The summed E-state index contributed by atoms with van der Waals surface area (Å²) >= 11 is 0. The van der Waals surface area contributed by atoms with Gasteiger partial charge in [-0.25, -0.2) is 0 Å². The summed E-state index contributed by atoms with van der Waals surface area (Å²) < 4.78 is 0. The largest absolute Gasteiger partial charge is 0.405 e. The number of carbonyl (C=O) groups is 2. The van der Waals surface area contributed by atoms with Crippen molar-refractivity contribution in [3.63, 3.8) is 0 Å². The molecule has 0 saturated carbocycles. The van der Waals surface area contributed by atoms with Gasteiger partial charge in [-0.05, 0) is 78.8 Å². The van der Waals surface area contributed by atoms with E-state index in [1.54, 1.807) is 11.0 Å². The zero-order valence-corrected chi connectivity index (χ0v) is 17.6. The number of fused-ring (bicyclic) bond motifs is 1. The molecule has 0 spiro atoms. The average molecular weight is 420 g/mol. The van der Waals surface area contributed by atoms with Crippen LogP contribution in [0.15, 0.2) is 60.5 Å². The van der Waals surface area contributed by atoms with Crippen LogP contribution in [0.25, 0.3) is 5.57 Å². The number of nitrogens with zero attached hydrogens (tertiary/aromatic N) is 1. The Morgan fingerprint density at radius 3 is 2.68 bits per heavy atom. The van der Waals surface area contributed by atoms with Crippen molar-refractivity contribution in [3.05, 3.63) is 71.6 Å². The molecule has 2 aliphatic rings. The smallest absolute Gasteiger partial charge is 0.246 e. The molecule has 0 bridgehead atoms. The van der Waals surface area contributed by atoms with Gasteiger partial charge in [-0.3, -0.25) is 9.59 Å². The van der Waals surface area contributed by atoms with Crippen LogP contribution < -0.4 is 21.7 Å². The van der Waals surface area contributed by atoms with E-state index in [2.05, 4.69) is 11.4 Å². The van der Waals surface area contributed by atoms with Crippen molar-refractivity contribution in [1.29, 1.82) is 5.41 Å². The van der Waals surface area contributed by atoms with Crippen LogP contribution in [0.1, 0.15) is 36.8 Å². The summed E-state index contributed by atoms with van der Waals surface area (Å²) in [7, 11) is 0. The van der Waals surface area contributed by atoms with Gasteiger partial charge < -0.3 is 27.1 Å². The van der Waals surface area contributed by atoms with Crippen LogP contribution in [0.2, 0.25) is 0 Å². The molecule has 0 radical (unpaired) electrons. The first-order valence-corrected chi connectivity index (χ1v) is 10.5. The van der Waals surface area contributed by atoms with Crippen molar-refractivity contribution in [3.8, 4) is 0 Å². The topological polar surface area (TPSA) is 125 Å². The van der Waals surface area contributed by atoms with Gasteiger partial charge in [-0.1, -0.05) is 18.2 Å². The SMILES string of the molecule is N=C(/C=C\C(=O)NCC(=O)N1CCc2c(C(/C=C\N)=C/N)cccc21)C1=CCCCC1. The summed E-state index contributed by atoms with van der Waals surface area (Å²) in [5.41, 5.74) is 16.2. The van der Waals surface area contributed by atoms with E-state index in [9.17, 15) is 9.59 Å².